The van der Waals surface area contributed by atoms with E-state index < -0.39 is 0 Å². The summed E-state index contributed by atoms with van der Waals surface area (Å²) >= 11 is 3.96. The summed E-state index contributed by atoms with van der Waals surface area (Å²) in [6.45, 7) is 4.19. The van der Waals surface area contributed by atoms with Crippen molar-refractivity contribution >= 4 is 57.0 Å². The lowest BCUT2D eigenvalue weighted by Crippen LogP contribution is -2.06. The largest absolute Gasteiger partial charge is 0.465 e. The third-order valence-electron chi connectivity index (χ3n) is 2.63. The Hall–Kier alpha value is -1.32. The molecule has 0 aromatic carbocycles. The van der Waals surface area contributed by atoms with Gasteiger partial charge in [-0.2, -0.15) is 0 Å². The van der Waals surface area contributed by atoms with Crippen LogP contribution in [0.2, 0.25) is 0 Å². The van der Waals surface area contributed by atoms with E-state index in [-0.39, 0.29) is 17.7 Å². The normalized spacial score (nSPS) is 10.7. The smallest absolute Gasteiger partial charge is 0.348 e. The number of hydrogen-bond acceptors (Lipinski definition) is 9. The molecule has 2 aromatic heterocycles. The fraction of sp³-hybridized carbons (Fsp3) is 0.429. The molecule has 0 aliphatic carbocycles. The van der Waals surface area contributed by atoms with E-state index >= 15 is 0 Å². The number of esters is 2. The number of ether oxygens (including phenoxy) is 2. The minimum absolute atomic E-state index is 0.165. The van der Waals surface area contributed by atoms with E-state index in [4.69, 9.17) is 9.47 Å². The van der Waals surface area contributed by atoms with Gasteiger partial charge in [-0.25, -0.2) is 14.8 Å². The Labute approximate surface area is 146 Å². The van der Waals surface area contributed by atoms with Gasteiger partial charge in [0.2, 0.25) is 0 Å². The van der Waals surface area contributed by atoms with Crippen molar-refractivity contribution in [2.75, 3.05) is 25.2 Å². The average Bonchev–Trinajstić information content (AvgIpc) is 2.97. The summed E-state index contributed by atoms with van der Waals surface area (Å²) in [5.41, 5.74) is 0. The van der Waals surface area contributed by atoms with Crippen LogP contribution in [-0.4, -0.2) is 47.1 Å². The summed E-state index contributed by atoms with van der Waals surface area (Å²) in [6, 6.07) is 1.72. The second-order valence-corrected chi connectivity index (χ2v) is 6.93. The van der Waals surface area contributed by atoms with Crippen molar-refractivity contribution in [2.45, 2.75) is 24.0 Å². The molecule has 23 heavy (non-hydrogen) atoms. The summed E-state index contributed by atoms with van der Waals surface area (Å²) < 4.78 is 9.95. The Balaban J connectivity index is 2.33. The van der Waals surface area contributed by atoms with Gasteiger partial charge in [0.1, 0.15) is 14.7 Å². The Kier molecular flexibility index (Phi) is 6.67. The van der Waals surface area contributed by atoms with E-state index in [1.165, 1.54) is 34.9 Å². The van der Waals surface area contributed by atoms with Crippen LogP contribution in [0, 0.1) is 0 Å². The molecule has 0 aliphatic rings. The molecule has 0 amide bonds. The van der Waals surface area contributed by atoms with Gasteiger partial charge in [0, 0.05) is 5.39 Å². The van der Waals surface area contributed by atoms with E-state index in [2.05, 4.69) is 9.97 Å². The summed E-state index contributed by atoms with van der Waals surface area (Å²) in [5, 5.41) is 2.02. The van der Waals surface area contributed by atoms with Crippen molar-refractivity contribution in [3.63, 3.8) is 0 Å². The molecule has 0 atom stereocenters. The van der Waals surface area contributed by atoms with Crippen molar-refractivity contribution in [2.24, 2.45) is 0 Å². The van der Waals surface area contributed by atoms with Gasteiger partial charge in [-0.1, -0.05) is 23.5 Å². The minimum Gasteiger partial charge on any atom is -0.465 e. The van der Waals surface area contributed by atoms with Crippen LogP contribution >= 0.6 is 34.9 Å². The van der Waals surface area contributed by atoms with Crippen LogP contribution in [0.3, 0.4) is 0 Å². The van der Waals surface area contributed by atoms with Crippen molar-refractivity contribution in [3.8, 4) is 0 Å². The predicted molar refractivity (Wildman–Crippen MR) is 92.5 cm³/mol. The summed E-state index contributed by atoms with van der Waals surface area (Å²) in [5.74, 6) is -0.503. The van der Waals surface area contributed by atoms with Crippen LogP contribution in [0.4, 0.5) is 0 Å². The zero-order valence-electron chi connectivity index (χ0n) is 13.0. The summed E-state index contributed by atoms with van der Waals surface area (Å²) in [6.07, 6.45) is 1.88. The van der Waals surface area contributed by atoms with E-state index in [0.29, 0.717) is 33.1 Å². The maximum absolute atomic E-state index is 11.9. The van der Waals surface area contributed by atoms with Crippen LogP contribution in [0.15, 0.2) is 16.2 Å². The summed E-state index contributed by atoms with van der Waals surface area (Å²) in [7, 11) is 0. The van der Waals surface area contributed by atoms with Crippen LogP contribution in [0.1, 0.15) is 23.5 Å². The third-order valence-corrected chi connectivity index (χ3v) is 5.15. The molecular weight excluding hydrogens is 356 g/mol. The molecule has 0 radical (unpaired) electrons. The molecule has 0 fully saturated rings. The maximum Gasteiger partial charge on any atom is 0.348 e. The number of hydrogen-bond donors (Lipinski definition) is 0. The van der Waals surface area contributed by atoms with Crippen LogP contribution in [0.5, 0.6) is 0 Å². The molecule has 2 rings (SSSR count). The molecule has 9 heteroatoms. The molecule has 0 saturated heterocycles. The molecule has 0 unspecified atom stereocenters. The SMILES string of the molecule is CCOC(=O)CSc1nc(SC)nc2sc(C(=O)OCC)cc12. The highest BCUT2D eigenvalue weighted by Gasteiger charge is 2.17. The molecule has 0 spiro atoms. The Morgan fingerprint density at radius 3 is 2.61 bits per heavy atom. The van der Waals surface area contributed by atoms with Crippen LogP contribution < -0.4 is 0 Å². The zero-order valence-corrected chi connectivity index (χ0v) is 15.4. The van der Waals surface area contributed by atoms with E-state index in [0.717, 1.165) is 5.39 Å². The first kappa shape index (κ1) is 18.0. The van der Waals surface area contributed by atoms with E-state index in [1.54, 1.807) is 19.9 Å². The van der Waals surface area contributed by atoms with Gasteiger partial charge in [0.25, 0.3) is 0 Å². The Bertz CT molecular complexity index is 717. The number of thioether (sulfide) groups is 2. The average molecular weight is 372 g/mol. The number of rotatable bonds is 7. The molecule has 0 aliphatic heterocycles. The number of fused-ring (bicyclic) bond motifs is 1. The van der Waals surface area contributed by atoms with Gasteiger partial charge in [-0.15, -0.1) is 11.3 Å². The van der Waals surface area contributed by atoms with Crippen molar-refractivity contribution in [1.82, 2.24) is 9.97 Å². The fourth-order valence-corrected chi connectivity index (χ4v) is 3.98. The van der Waals surface area contributed by atoms with E-state index in [9.17, 15) is 9.59 Å². The fourth-order valence-electron chi connectivity index (χ4n) is 1.71. The van der Waals surface area contributed by atoms with E-state index in [1.807, 2.05) is 6.26 Å². The lowest BCUT2D eigenvalue weighted by atomic mass is 10.4. The molecule has 6 nitrogen and oxygen atoms in total. The number of carbonyl (C=O) groups is 2. The maximum atomic E-state index is 11.9. The van der Waals surface area contributed by atoms with Crippen molar-refractivity contribution in [1.29, 1.82) is 0 Å². The first-order chi connectivity index (χ1) is 11.1. The van der Waals surface area contributed by atoms with Crippen molar-refractivity contribution < 1.29 is 19.1 Å². The Morgan fingerprint density at radius 2 is 1.96 bits per heavy atom. The zero-order chi connectivity index (χ0) is 16.8. The van der Waals surface area contributed by atoms with Gasteiger partial charge < -0.3 is 9.47 Å². The first-order valence-corrected chi connectivity index (χ1v) is 9.92. The highest BCUT2D eigenvalue weighted by Crippen LogP contribution is 2.33. The van der Waals surface area contributed by atoms with Crippen LogP contribution in [-0.2, 0) is 14.3 Å². The minimum atomic E-state index is -0.373. The molecule has 124 valence electrons. The van der Waals surface area contributed by atoms with Crippen molar-refractivity contribution in [3.05, 3.63) is 10.9 Å². The van der Waals surface area contributed by atoms with Gasteiger partial charge in [0.05, 0.1) is 19.0 Å². The Morgan fingerprint density at radius 1 is 1.22 bits per heavy atom. The monoisotopic (exact) mass is 372 g/mol. The second kappa shape index (κ2) is 8.51. The highest BCUT2D eigenvalue weighted by molar-refractivity contribution is 8.00. The number of carbonyl (C=O) groups excluding carboxylic acids is 2. The predicted octanol–water partition coefficient (Wildman–Crippen LogP) is 3.25. The molecule has 0 bridgehead atoms. The number of aromatic nitrogens is 2. The van der Waals surface area contributed by atoms with Crippen LogP contribution in [0.25, 0.3) is 10.2 Å². The quantitative estimate of drug-likeness (QED) is 0.317. The highest BCUT2D eigenvalue weighted by atomic mass is 32.2. The third kappa shape index (κ3) is 4.58. The molecule has 0 N–H and O–H groups in total. The second-order valence-electron chi connectivity index (χ2n) is 4.16. The van der Waals surface area contributed by atoms with Gasteiger partial charge in [-0.05, 0) is 26.2 Å². The lowest BCUT2D eigenvalue weighted by molar-refractivity contribution is -0.139. The molecule has 2 aromatic rings. The number of nitrogens with zero attached hydrogens (tertiary/aromatic N) is 2. The lowest BCUT2D eigenvalue weighted by Gasteiger charge is -2.04. The number of thiophene rings is 1. The summed E-state index contributed by atoms with van der Waals surface area (Å²) in [4.78, 5) is 33.5. The van der Waals surface area contributed by atoms with Gasteiger partial charge >= 0.3 is 11.9 Å². The molecular formula is C14H16N2O4S3. The molecule has 2 heterocycles. The molecule has 0 saturated carbocycles. The first-order valence-electron chi connectivity index (χ1n) is 6.90. The van der Waals surface area contributed by atoms with Gasteiger partial charge in [-0.3, -0.25) is 4.79 Å². The topological polar surface area (TPSA) is 78.4 Å². The standard InChI is InChI=1S/C14H16N2O4S3/c1-4-19-10(17)7-22-11-8-6-9(13(18)20-5-2)23-12(8)16-14(15-11)21-3/h6H,4-5,7H2,1-3H3. The van der Waals surface area contributed by atoms with Gasteiger partial charge in [0.15, 0.2) is 5.16 Å².